The van der Waals surface area contributed by atoms with Gasteiger partial charge in [-0.3, -0.25) is 9.59 Å². The average Bonchev–Trinajstić information content (AvgIpc) is 3.03. The van der Waals surface area contributed by atoms with E-state index >= 15 is 0 Å². The van der Waals surface area contributed by atoms with Gasteiger partial charge in [0.05, 0.1) is 17.4 Å². The van der Waals surface area contributed by atoms with Crippen molar-refractivity contribution in [3.8, 4) is 23.0 Å². The molecule has 1 aliphatic carbocycles. The fourth-order valence-electron chi connectivity index (χ4n) is 4.96. The Morgan fingerprint density at radius 1 is 0.674 bits per heavy atom. The van der Waals surface area contributed by atoms with Crippen LogP contribution in [0.2, 0.25) is 0 Å². The van der Waals surface area contributed by atoms with Gasteiger partial charge in [0, 0.05) is 17.2 Å². The van der Waals surface area contributed by atoms with Crippen LogP contribution in [0.4, 0.5) is 18.9 Å². The summed E-state index contributed by atoms with van der Waals surface area (Å²) in [6.07, 6.45) is -2.04. The molecule has 0 spiro atoms. The van der Waals surface area contributed by atoms with Crippen molar-refractivity contribution in [2.24, 2.45) is 0 Å². The Morgan fingerprint density at radius 2 is 1.20 bits per heavy atom. The van der Waals surface area contributed by atoms with Gasteiger partial charge in [-0.15, -0.1) is 13.2 Å². The third kappa shape index (κ3) is 8.78. The third-order valence-corrected chi connectivity index (χ3v) is 7.24. The first-order valence-corrected chi connectivity index (χ1v) is 14.4. The van der Waals surface area contributed by atoms with Crippen LogP contribution in [0, 0.1) is 0 Å². The van der Waals surface area contributed by atoms with Crippen LogP contribution in [0.5, 0.6) is 23.0 Å². The van der Waals surface area contributed by atoms with Gasteiger partial charge in [-0.05, 0) is 111 Å². The maximum Gasteiger partial charge on any atom is 0.573 e. The second kappa shape index (κ2) is 14.1. The molecule has 1 fully saturated rings. The molecule has 9 nitrogen and oxygen atoms in total. The number of anilines is 1. The number of hydrogen-bond donors (Lipinski definition) is 3. The van der Waals surface area contributed by atoms with Crippen molar-refractivity contribution < 1.29 is 46.9 Å². The van der Waals surface area contributed by atoms with E-state index in [0.29, 0.717) is 48.5 Å². The van der Waals surface area contributed by atoms with Crippen LogP contribution in [-0.2, 0) is 0 Å². The minimum Gasteiger partial charge on any atom is -0.490 e. The molecular weight excluding hydrogens is 605 g/mol. The molecule has 0 aromatic heterocycles. The number of aromatic carboxylic acids is 1. The average molecular weight is 635 g/mol. The van der Waals surface area contributed by atoms with Gasteiger partial charge in [-0.1, -0.05) is 12.1 Å². The lowest BCUT2D eigenvalue weighted by molar-refractivity contribution is -0.274. The molecule has 0 aliphatic heterocycles. The zero-order chi connectivity index (χ0) is 32.7. The van der Waals surface area contributed by atoms with Gasteiger partial charge >= 0.3 is 12.3 Å². The predicted octanol–water partition coefficient (Wildman–Crippen LogP) is 7.45. The number of carbonyl (C=O) groups excluding carboxylic acids is 2. The van der Waals surface area contributed by atoms with E-state index in [0.717, 1.165) is 12.1 Å². The van der Waals surface area contributed by atoms with Crippen LogP contribution in [0.25, 0.3) is 0 Å². The van der Waals surface area contributed by atoms with Crippen molar-refractivity contribution in [3.05, 3.63) is 114 Å². The van der Waals surface area contributed by atoms with Gasteiger partial charge < -0.3 is 30.0 Å². The van der Waals surface area contributed by atoms with Crippen molar-refractivity contribution in [2.45, 2.75) is 44.2 Å². The Hall–Kier alpha value is -5.52. The smallest absolute Gasteiger partial charge is 0.490 e. The number of carboxylic acids is 1. The Balaban J connectivity index is 1.06. The van der Waals surface area contributed by atoms with E-state index in [2.05, 4.69) is 15.4 Å². The predicted molar refractivity (Wildman–Crippen MR) is 162 cm³/mol. The van der Waals surface area contributed by atoms with E-state index in [-0.39, 0.29) is 40.6 Å². The molecule has 0 unspecified atom stereocenters. The number of carboxylic acid groups (broad SMARTS) is 1. The second-order valence-corrected chi connectivity index (χ2v) is 10.5. The highest BCUT2D eigenvalue weighted by molar-refractivity contribution is 6.07. The molecule has 3 N–H and O–H groups in total. The summed E-state index contributed by atoms with van der Waals surface area (Å²) in [7, 11) is 0. The first-order valence-electron chi connectivity index (χ1n) is 14.4. The number of amides is 2. The molecule has 0 bridgehead atoms. The standard InChI is InChI=1S/C34H29F3N2O7/c35-34(36,37)46-28-13-7-21(8-14-28)31(40)38-23-9-15-25(16-10-23)45-27-19-17-26(18-20-27)44-24-11-5-22(6-12-24)32(41)39-30-4-2-1-3-29(30)33(42)43/h1-8,11-14,17-20,23,25H,9-10,15-16H2,(H,38,40)(H,39,41)(H,42,43). The van der Waals surface area contributed by atoms with E-state index in [1.54, 1.807) is 60.7 Å². The van der Waals surface area contributed by atoms with E-state index in [9.17, 15) is 32.7 Å². The zero-order valence-corrected chi connectivity index (χ0v) is 24.3. The normalized spacial score (nSPS) is 16.2. The molecule has 0 atom stereocenters. The monoisotopic (exact) mass is 634 g/mol. The number of halogens is 3. The van der Waals surface area contributed by atoms with Gasteiger partial charge in [-0.25, -0.2) is 4.79 Å². The first kappa shape index (κ1) is 31.9. The van der Waals surface area contributed by atoms with Crippen molar-refractivity contribution >= 4 is 23.5 Å². The molecule has 4 aromatic rings. The lowest BCUT2D eigenvalue weighted by atomic mass is 9.92. The Labute approximate surface area is 261 Å². The Kier molecular flexibility index (Phi) is 9.75. The molecule has 5 rings (SSSR count). The van der Waals surface area contributed by atoms with Gasteiger partial charge in [0.1, 0.15) is 23.0 Å². The maximum absolute atomic E-state index is 12.6. The molecule has 238 valence electrons. The van der Waals surface area contributed by atoms with Gasteiger partial charge in [0.2, 0.25) is 0 Å². The Bertz CT molecular complexity index is 1670. The molecule has 1 aliphatic rings. The number of carbonyl (C=O) groups is 3. The molecule has 46 heavy (non-hydrogen) atoms. The molecule has 0 radical (unpaired) electrons. The summed E-state index contributed by atoms with van der Waals surface area (Å²) in [5.74, 6) is -0.619. The fraction of sp³-hybridized carbons (Fsp3) is 0.206. The summed E-state index contributed by atoms with van der Waals surface area (Å²) in [6, 6.07) is 24.4. The zero-order valence-electron chi connectivity index (χ0n) is 24.3. The van der Waals surface area contributed by atoms with Crippen molar-refractivity contribution in [1.82, 2.24) is 5.32 Å². The second-order valence-electron chi connectivity index (χ2n) is 10.5. The largest absolute Gasteiger partial charge is 0.573 e. The highest BCUT2D eigenvalue weighted by Crippen LogP contribution is 2.28. The van der Waals surface area contributed by atoms with E-state index in [1.807, 2.05) is 0 Å². The van der Waals surface area contributed by atoms with Crippen LogP contribution in [0.1, 0.15) is 56.8 Å². The number of alkyl halides is 3. The lowest BCUT2D eigenvalue weighted by Gasteiger charge is -2.29. The topological polar surface area (TPSA) is 123 Å². The number of hydrogen-bond acceptors (Lipinski definition) is 6. The number of benzene rings is 4. The minimum absolute atomic E-state index is 0.00628. The van der Waals surface area contributed by atoms with Gasteiger partial charge in [-0.2, -0.15) is 0 Å². The van der Waals surface area contributed by atoms with Crippen molar-refractivity contribution in [3.63, 3.8) is 0 Å². The van der Waals surface area contributed by atoms with E-state index in [1.165, 1.54) is 24.3 Å². The third-order valence-electron chi connectivity index (χ3n) is 7.24. The molecule has 0 saturated heterocycles. The molecule has 2 amide bonds. The quantitative estimate of drug-likeness (QED) is 0.166. The molecule has 1 saturated carbocycles. The van der Waals surface area contributed by atoms with Crippen molar-refractivity contribution in [1.29, 1.82) is 0 Å². The van der Waals surface area contributed by atoms with Crippen LogP contribution in [-0.4, -0.2) is 41.4 Å². The lowest BCUT2D eigenvalue weighted by Crippen LogP contribution is -2.39. The molecule has 12 heteroatoms. The number of nitrogens with one attached hydrogen (secondary N) is 2. The Morgan fingerprint density at radius 3 is 1.78 bits per heavy atom. The van der Waals surface area contributed by atoms with Gasteiger partial charge in [0.25, 0.3) is 11.8 Å². The van der Waals surface area contributed by atoms with Gasteiger partial charge in [0.15, 0.2) is 0 Å². The SMILES string of the molecule is O=C(Nc1ccccc1C(=O)O)c1ccc(Oc2ccc(OC3CCC(NC(=O)c4ccc(OC(F)(F)F)cc4)CC3)cc2)cc1. The summed E-state index contributed by atoms with van der Waals surface area (Å²) in [4.78, 5) is 36.5. The number of rotatable bonds is 10. The number of para-hydroxylation sites is 1. The van der Waals surface area contributed by atoms with E-state index < -0.39 is 18.2 Å². The summed E-state index contributed by atoms with van der Waals surface area (Å²) >= 11 is 0. The van der Waals surface area contributed by atoms with Crippen LogP contribution in [0.3, 0.4) is 0 Å². The van der Waals surface area contributed by atoms with Crippen LogP contribution < -0.4 is 24.8 Å². The molecular formula is C34H29F3N2O7. The van der Waals surface area contributed by atoms with E-state index in [4.69, 9.17) is 9.47 Å². The van der Waals surface area contributed by atoms with Crippen LogP contribution >= 0.6 is 0 Å². The minimum atomic E-state index is -4.79. The summed E-state index contributed by atoms with van der Waals surface area (Å²) in [6.45, 7) is 0. The maximum atomic E-state index is 12.6. The van der Waals surface area contributed by atoms with Crippen molar-refractivity contribution in [2.75, 3.05) is 5.32 Å². The molecule has 4 aromatic carbocycles. The summed E-state index contributed by atoms with van der Waals surface area (Å²) in [5.41, 5.74) is 0.774. The summed E-state index contributed by atoms with van der Waals surface area (Å²) in [5, 5.41) is 14.9. The fourth-order valence-corrected chi connectivity index (χ4v) is 4.96. The van der Waals surface area contributed by atoms with Crippen LogP contribution in [0.15, 0.2) is 97.1 Å². The number of ether oxygens (including phenoxy) is 3. The molecule has 0 heterocycles. The summed E-state index contributed by atoms with van der Waals surface area (Å²) < 4.78 is 52.9. The highest BCUT2D eigenvalue weighted by Gasteiger charge is 2.31. The highest BCUT2D eigenvalue weighted by atomic mass is 19.4. The first-order chi connectivity index (χ1) is 22.0.